The second-order valence-electron chi connectivity index (χ2n) is 3.21. The third kappa shape index (κ3) is 2.39. The Labute approximate surface area is 96.0 Å². The molecule has 7 heteroatoms. The summed E-state index contributed by atoms with van der Waals surface area (Å²) in [6.45, 7) is 2.18. The fraction of sp³-hybridized carbons (Fsp3) is 0.200. The van der Waals surface area contributed by atoms with Gasteiger partial charge in [-0.25, -0.2) is 4.68 Å². The molecule has 0 saturated heterocycles. The Kier molecular flexibility index (Phi) is 2.99. The molecule has 0 aromatic carbocycles. The van der Waals surface area contributed by atoms with Gasteiger partial charge in [-0.15, -0.1) is 0 Å². The molecule has 0 aliphatic carbocycles. The smallest absolute Gasteiger partial charge is 0.277 e. The quantitative estimate of drug-likeness (QED) is 0.835. The van der Waals surface area contributed by atoms with Crippen LogP contribution in [0.4, 0.5) is 5.82 Å². The molecule has 0 unspecified atom stereocenters. The summed E-state index contributed by atoms with van der Waals surface area (Å²) >= 11 is 0. The van der Waals surface area contributed by atoms with Gasteiger partial charge in [0.1, 0.15) is 12.0 Å². The van der Waals surface area contributed by atoms with Gasteiger partial charge in [0.05, 0.1) is 0 Å². The van der Waals surface area contributed by atoms with E-state index < -0.39 is 5.91 Å². The van der Waals surface area contributed by atoms with E-state index >= 15 is 0 Å². The predicted octanol–water partition coefficient (Wildman–Crippen LogP) is 0.504. The van der Waals surface area contributed by atoms with Gasteiger partial charge in [0.15, 0.2) is 5.82 Å². The summed E-state index contributed by atoms with van der Waals surface area (Å²) in [7, 11) is 0. The van der Waals surface area contributed by atoms with Crippen molar-refractivity contribution in [2.45, 2.75) is 13.5 Å². The summed E-state index contributed by atoms with van der Waals surface area (Å²) in [5, 5.41) is 9.93. The maximum Gasteiger partial charge on any atom is 0.277 e. The first-order valence-corrected chi connectivity index (χ1v) is 5.00. The van der Waals surface area contributed by atoms with E-state index in [9.17, 15) is 9.59 Å². The van der Waals surface area contributed by atoms with Crippen LogP contribution in [0.1, 0.15) is 17.4 Å². The van der Waals surface area contributed by atoms with E-state index in [1.807, 2.05) is 0 Å². The number of rotatable bonds is 3. The minimum atomic E-state index is -0.443. The van der Waals surface area contributed by atoms with Crippen LogP contribution in [-0.2, 0) is 6.54 Å². The average Bonchev–Trinajstić information content (AvgIpc) is 2.82. The summed E-state index contributed by atoms with van der Waals surface area (Å²) in [5.74, 6) is -0.146. The summed E-state index contributed by atoms with van der Waals surface area (Å²) in [4.78, 5) is 23.0. The fourth-order valence-electron chi connectivity index (χ4n) is 1.25. The van der Waals surface area contributed by atoms with Crippen LogP contribution in [0.3, 0.4) is 0 Å². The Morgan fingerprint density at radius 3 is 2.94 bits per heavy atom. The fourth-order valence-corrected chi connectivity index (χ4v) is 1.25. The Morgan fingerprint density at radius 1 is 1.47 bits per heavy atom. The highest BCUT2D eigenvalue weighted by Gasteiger charge is 2.10. The third-order valence-corrected chi connectivity index (χ3v) is 2.08. The van der Waals surface area contributed by atoms with Gasteiger partial charge in [0.2, 0.25) is 0 Å². The van der Waals surface area contributed by atoms with E-state index in [2.05, 4.69) is 20.1 Å². The first kappa shape index (κ1) is 11.1. The molecule has 88 valence electrons. The molecule has 0 radical (unpaired) electrons. The van der Waals surface area contributed by atoms with Gasteiger partial charge < -0.3 is 9.84 Å². The summed E-state index contributed by atoms with van der Waals surface area (Å²) in [6.07, 6.45) is 1.34. The molecule has 2 aromatic rings. The molecule has 17 heavy (non-hydrogen) atoms. The first-order chi connectivity index (χ1) is 8.20. The highest BCUT2D eigenvalue weighted by Crippen LogP contribution is 2.03. The minimum Gasteiger partial charge on any atom is -0.363 e. The van der Waals surface area contributed by atoms with Crippen molar-refractivity contribution in [3.05, 3.63) is 40.5 Å². The lowest BCUT2D eigenvalue weighted by molar-refractivity contribution is 0.101. The molecule has 0 spiro atoms. The second kappa shape index (κ2) is 4.60. The molecule has 0 aliphatic rings. The number of nitrogens with zero attached hydrogens (tertiary/aromatic N) is 3. The molecule has 1 N–H and O–H groups in total. The Morgan fingerprint density at radius 2 is 2.29 bits per heavy atom. The van der Waals surface area contributed by atoms with Crippen molar-refractivity contribution in [2.75, 3.05) is 5.32 Å². The standard InChI is InChI=1S/C10H10N4O3/c1-2-14-9(15)4-3-7(12-14)10(16)11-8-5-6-17-13-8/h3-6H,2H2,1H3,(H,11,13,16). The Balaban J connectivity index is 2.22. The number of carbonyl (C=O) groups is 1. The summed E-state index contributed by atoms with van der Waals surface area (Å²) < 4.78 is 5.78. The van der Waals surface area contributed by atoms with E-state index in [-0.39, 0.29) is 11.3 Å². The van der Waals surface area contributed by atoms with Gasteiger partial charge in [-0.1, -0.05) is 5.16 Å². The number of anilines is 1. The van der Waals surface area contributed by atoms with Crippen LogP contribution >= 0.6 is 0 Å². The predicted molar refractivity (Wildman–Crippen MR) is 58.6 cm³/mol. The van der Waals surface area contributed by atoms with Gasteiger partial charge in [-0.3, -0.25) is 9.59 Å². The van der Waals surface area contributed by atoms with Crippen molar-refractivity contribution >= 4 is 11.7 Å². The number of amides is 1. The molecule has 0 saturated carbocycles. The van der Waals surface area contributed by atoms with E-state index in [4.69, 9.17) is 0 Å². The van der Waals surface area contributed by atoms with E-state index in [0.717, 1.165) is 0 Å². The molecule has 2 heterocycles. The van der Waals surface area contributed by atoms with Gasteiger partial charge in [0, 0.05) is 18.7 Å². The molecule has 1 amide bonds. The number of hydrogen-bond donors (Lipinski definition) is 1. The van der Waals surface area contributed by atoms with Crippen LogP contribution < -0.4 is 10.9 Å². The van der Waals surface area contributed by atoms with Crippen molar-refractivity contribution in [2.24, 2.45) is 0 Å². The van der Waals surface area contributed by atoms with Gasteiger partial charge in [-0.05, 0) is 13.0 Å². The van der Waals surface area contributed by atoms with Crippen LogP contribution in [0.2, 0.25) is 0 Å². The highest BCUT2D eigenvalue weighted by molar-refractivity contribution is 6.02. The Hall–Kier alpha value is -2.44. The lowest BCUT2D eigenvalue weighted by atomic mass is 10.3. The first-order valence-electron chi connectivity index (χ1n) is 5.00. The highest BCUT2D eigenvalue weighted by atomic mass is 16.5. The summed E-state index contributed by atoms with van der Waals surface area (Å²) in [5.41, 5.74) is -0.0973. The van der Waals surface area contributed by atoms with E-state index in [0.29, 0.717) is 12.4 Å². The van der Waals surface area contributed by atoms with Crippen molar-refractivity contribution in [1.82, 2.24) is 14.9 Å². The number of aromatic nitrogens is 3. The maximum atomic E-state index is 11.7. The molecular weight excluding hydrogens is 224 g/mol. The number of carbonyl (C=O) groups excluding carboxylic acids is 1. The molecule has 7 nitrogen and oxygen atoms in total. The zero-order valence-electron chi connectivity index (χ0n) is 9.08. The second-order valence-corrected chi connectivity index (χ2v) is 3.21. The van der Waals surface area contributed by atoms with Crippen LogP contribution in [0.15, 0.2) is 33.8 Å². The van der Waals surface area contributed by atoms with Gasteiger partial charge >= 0.3 is 0 Å². The lowest BCUT2D eigenvalue weighted by Gasteiger charge is -2.03. The van der Waals surface area contributed by atoms with Crippen molar-refractivity contribution in [3.8, 4) is 0 Å². The molecule has 0 atom stereocenters. The molecule has 0 aliphatic heterocycles. The molecule has 0 fully saturated rings. The third-order valence-electron chi connectivity index (χ3n) is 2.08. The number of hydrogen-bond acceptors (Lipinski definition) is 5. The molecule has 2 rings (SSSR count). The molecule has 0 bridgehead atoms. The SMILES string of the molecule is CCn1nc(C(=O)Nc2ccon2)ccc1=O. The molecule has 2 aromatic heterocycles. The molecular formula is C10H10N4O3. The van der Waals surface area contributed by atoms with E-state index in [1.165, 1.54) is 29.1 Å². The largest absolute Gasteiger partial charge is 0.363 e. The van der Waals surface area contributed by atoms with Crippen LogP contribution in [0, 0.1) is 0 Å². The normalized spacial score (nSPS) is 10.2. The van der Waals surface area contributed by atoms with Crippen molar-refractivity contribution < 1.29 is 9.32 Å². The summed E-state index contributed by atoms with van der Waals surface area (Å²) in [6, 6.07) is 4.17. The topological polar surface area (TPSA) is 90.0 Å². The van der Waals surface area contributed by atoms with Crippen molar-refractivity contribution in [1.29, 1.82) is 0 Å². The number of aryl methyl sites for hydroxylation is 1. The van der Waals surface area contributed by atoms with Crippen LogP contribution in [0.5, 0.6) is 0 Å². The zero-order chi connectivity index (χ0) is 12.3. The Bertz CT molecular complexity index is 573. The maximum absolute atomic E-state index is 11.7. The lowest BCUT2D eigenvalue weighted by Crippen LogP contribution is -2.25. The van der Waals surface area contributed by atoms with Crippen LogP contribution in [0.25, 0.3) is 0 Å². The monoisotopic (exact) mass is 234 g/mol. The van der Waals surface area contributed by atoms with Gasteiger partial charge in [-0.2, -0.15) is 5.10 Å². The van der Waals surface area contributed by atoms with E-state index in [1.54, 1.807) is 6.92 Å². The van der Waals surface area contributed by atoms with Crippen LogP contribution in [-0.4, -0.2) is 20.8 Å². The van der Waals surface area contributed by atoms with Gasteiger partial charge in [0.25, 0.3) is 11.5 Å². The minimum absolute atomic E-state index is 0.148. The zero-order valence-corrected chi connectivity index (χ0v) is 9.08. The number of nitrogens with one attached hydrogen (secondary N) is 1. The average molecular weight is 234 g/mol. The van der Waals surface area contributed by atoms with Crippen molar-refractivity contribution in [3.63, 3.8) is 0 Å².